The molecule has 0 radical (unpaired) electrons. The molecule has 1 amide bonds. The topological polar surface area (TPSA) is 68.6 Å². The van der Waals surface area contributed by atoms with Gasteiger partial charge >= 0.3 is 6.18 Å². The number of ether oxygens (including phenoxy) is 2. The van der Waals surface area contributed by atoms with Gasteiger partial charge in [-0.2, -0.15) is 18.3 Å². The maximum atomic E-state index is 14.0. The smallest absolute Gasteiger partial charge is 0.410 e. The van der Waals surface area contributed by atoms with Crippen molar-refractivity contribution in [2.75, 3.05) is 19.2 Å². The number of hydrogen-bond donors (Lipinski definition) is 1. The van der Waals surface area contributed by atoms with Crippen molar-refractivity contribution in [1.29, 1.82) is 0 Å². The SMILES string of the molecule is CN(C(=O)c1cnn2c1N[C@H](c1ccc3c(c1)OCO3)C[C@@H]2C(F)(F)F)C1CCCCC1. The molecule has 0 saturated heterocycles. The third-order valence-corrected chi connectivity index (χ3v) is 6.71. The summed E-state index contributed by atoms with van der Waals surface area (Å²) in [6, 6.07) is 2.70. The van der Waals surface area contributed by atoms with Crippen LogP contribution in [-0.2, 0) is 0 Å². The summed E-state index contributed by atoms with van der Waals surface area (Å²) in [5, 5.41) is 7.13. The lowest BCUT2D eigenvalue weighted by Crippen LogP contribution is -2.39. The Morgan fingerprint density at radius 2 is 1.94 bits per heavy atom. The lowest BCUT2D eigenvalue weighted by atomic mass is 9.94. The summed E-state index contributed by atoms with van der Waals surface area (Å²) in [7, 11) is 1.72. The fraction of sp³-hybridized carbons (Fsp3) is 0.545. The number of alkyl halides is 3. The van der Waals surface area contributed by atoms with Crippen LogP contribution in [0.4, 0.5) is 19.0 Å². The Balaban J connectivity index is 1.48. The Hall–Kier alpha value is -2.91. The van der Waals surface area contributed by atoms with Gasteiger partial charge in [0.1, 0.15) is 11.4 Å². The second-order valence-corrected chi connectivity index (χ2v) is 8.66. The molecule has 1 fully saturated rings. The fourth-order valence-electron chi connectivity index (χ4n) is 4.89. The van der Waals surface area contributed by atoms with E-state index in [1.165, 1.54) is 6.20 Å². The summed E-state index contributed by atoms with van der Waals surface area (Å²) < 4.78 is 53.5. The van der Waals surface area contributed by atoms with Crippen LogP contribution in [0.2, 0.25) is 0 Å². The van der Waals surface area contributed by atoms with Crippen molar-refractivity contribution in [3.05, 3.63) is 35.5 Å². The first kappa shape index (κ1) is 21.0. The number of benzene rings is 1. The Bertz CT molecular complexity index is 1020. The van der Waals surface area contributed by atoms with Gasteiger partial charge in [0.25, 0.3) is 5.91 Å². The maximum absolute atomic E-state index is 14.0. The molecule has 0 unspecified atom stereocenters. The standard InChI is InChI=1S/C22H25F3N4O3/c1-28(14-5-3-2-4-6-14)21(30)15-11-26-29-19(22(23,24)25)10-16(27-20(15)29)13-7-8-17-18(9-13)32-12-31-17/h7-9,11,14,16,19,27H,2-6,10,12H2,1H3/t16-,19+/m0/s1. The second-order valence-electron chi connectivity index (χ2n) is 8.66. The minimum absolute atomic E-state index is 0.0843. The molecule has 1 aromatic heterocycles. The molecule has 1 saturated carbocycles. The largest absolute Gasteiger partial charge is 0.454 e. The molecule has 1 aliphatic carbocycles. The van der Waals surface area contributed by atoms with Crippen LogP contribution in [0.3, 0.4) is 0 Å². The number of carbonyl (C=O) groups is 1. The number of aromatic nitrogens is 2. The number of carbonyl (C=O) groups excluding carboxylic acids is 1. The van der Waals surface area contributed by atoms with Crippen LogP contribution in [0, 0.1) is 0 Å². The van der Waals surface area contributed by atoms with Crippen LogP contribution in [0.1, 0.15) is 66.5 Å². The summed E-state index contributed by atoms with van der Waals surface area (Å²) in [5.41, 5.74) is 0.799. The fourth-order valence-corrected chi connectivity index (χ4v) is 4.89. The van der Waals surface area contributed by atoms with E-state index in [1.54, 1.807) is 30.1 Å². The molecule has 2 aliphatic heterocycles. The van der Waals surface area contributed by atoms with Crippen molar-refractivity contribution in [2.45, 2.75) is 62.8 Å². The molecule has 5 rings (SSSR count). The molecule has 32 heavy (non-hydrogen) atoms. The Morgan fingerprint density at radius 1 is 1.19 bits per heavy atom. The predicted molar refractivity (Wildman–Crippen MR) is 110 cm³/mol. The first-order chi connectivity index (χ1) is 15.3. The van der Waals surface area contributed by atoms with Gasteiger partial charge in [-0.3, -0.25) is 4.79 Å². The van der Waals surface area contributed by atoms with E-state index in [-0.39, 0.29) is 36.5 Å². The van der Waals surface area contributed by atoms with Gasteiger partial charge in [0.05, 0.1) is 12.2 Å². The molecule has 10 heteroatoms. The molecule has 1 N–H and O–H groups in total. The lowest BCUT2D eigenvalue weighted by Gasteiger charge is -2.35. The normalized spacial score (nSPS) is 22.9. The van der Waals surface area contributed by atoms with E-state index in [1.807, 2.05) is 0 Å². The quantitative estimate of drug-likeness (QED) is 0.736. The number of halogens is 3. The first-order valence-electron chi connectivity index (χ1n) is 10.9. The summed E-state index contributed by atoms with van der Waals surface area (Å²) in [5.74, 6) is 0.860. The maximum Gasteiger partial charge on any atom is 0.410 e. The predicted octanol–water partition coefficient (Wildman–Crippen LogP) is 4.68. The highest BCUT2D eigenvalue weighted by Gasteiger charge is 2.47. The number of amides is 1. The van der Waals surface area contributed by atoms with E-state index in [9.17, 15) is 18.0 Å². The number of fused-ring (bicyclic) bond motifs is 2. The molecule has 0 bridgehead atoms. The van der Waals surface area contributed by atoms with Crippen molar-refractivity contribution in [1.82, 2.24) is 14.7 Å². The summed E-state index contributed by atoms with van der Waals surface area (Å²) >= 11 is 0. The molecular formula is C22H25F3N4O3. The molecule has 3 heterocycles. The highest BCUT2D eigenvalue weighted by atomic mass is 19.4. The number of nitrogens with zero attached hydrogens (tertiary/aromatic N) is 3. The lowest BCUT2D eigenvalue weighted by molar-refractivity contribution is -0.173. The van der Waals surface area contributed by atoms with E-state index in [0.717, 1.165) is 36.8 Å². The Kier molecular flexibility index (Phi) is 5.17. The Labute approximate surface area is 183 Å². The third-order valence-electron chi connectivity index (χ3n) is 6.71. The van der Waals surface area contributed by atoms with Gasteiger partial charge in [-0.15, -0.1) is 0 Å². The zero-order valence-electron chi connectivity index (χ0n) is 17.7. The monoisotopic (exact) mass is 450 g/mol. The van der Waals surface area contributed by atoms with Gasteiger partial charge < -0.3 is 19.7 Å². The molecule has 172 valence electrons. The summed E-state index contributed by atoms with van der Waals surface area (Å²) in [4.78, 5) is 14.9. The van der Waals surface area contributed by atoms with Gasteiger partial charge in [-0.05, 0) is 30.5 Å². The van der Waals surface area contributed by atoms with Crippen molar-refractivity contribution in [3.63, 3.8) is 0 Å². The van der Waals surface area contributed by atoms with Crippen molar-refractivity contribution in [2.24, 2.45) is 0 Å². The second kappa shape index (κ2) is 7.90. The molecule has 2 aromatic rings. The van der Waals surface area contributed by atoms with E-state index in [0.29, 0.717) is 17.1 Å². The highest BCUT2D eigenvalue weighted by molar-refractivity contribution is 5.99. The average Bonchev–Trinajstić information content (AvgIpc) is 3.43. The van der Waals surface area contributed by atoms with Crippen molar-refractivity contribution in [3.8, 4) is 11.5 Å². The van der Waals surface area contributed by atoms with Gasteiger partial charge in [-0.1, -0.05) is 25.3 Å². The first-order valence-corrected chi connectivity index (χ1v) is 10.9. The third kappa shape index (κ3) is 3.65. The number of rotatable bonds is 3. The summed E-state index contributed by atoms with van der Waals surface area (Å²) in [6.07, 6.45) is 1.56. The molecular weight excluding hydrogens is 425 g/mol. The van der Waals surface area contributed by atoms with E-state index in [2.05, 4.69) is 10.4 Å². The molecule has 1 aromatic carbocycles. The molecule has 7 nitrogen and oxygen atoms in total. The van der Waals surface area contributed by atoms with Crippen LogP contribution in [0.25, 0.3) is 0 Å². The van der Waals surface area contributed by atoms with Gasteiger partial charge in [0, 0.05) is 19.5 Å². The van der Waals surface area contributed by atoms with Gasteiger partial charge in [-0.25, -0.2) is 4.68 Å². The van der Waals surface area contributed by atoms with Gasteiger partial charge in [0.2, 0.25) is 6.79 Å². The number of nitrogens with one attached hydrogen (secondary N) is 1. The number of hydrogen-bond acceptors (Lipinski definition) is 5. The van der Waals surface area contributed by atoms with E-state index >= 15 is 0 Å². The zero-order valence-corrected chi connectivity index (χ0v) is 17.7. The molecule has 2 atom stereocenters. The molecule has 3 aliphatic rings. The zero-order chi connectivity index (χ0) is 22.5. The van der Waals surface area contributed by atoms with E-state index in [4.69, 9.17) is 9.47 Å². The van der Waals surface area contributed by atoms with Crippen molar-refractivity contribution >= 4 is 11.7 Å². The minimum Gasteiger partial charge on any atom is -0.454 e. The van der Waals surface area contributed by atoms with Crippen LogP contribution >= 0.6 is 0 Å². The van der Waals surface area contributed by atoms with Gasteiger partial charge in [0.15, 0.2) is 17.5 Å². The van der Waals surface area contributed by atoms with Crippen LogP contribution in [0.15, 0.2) is 24.4 Å². The minimum atomic E-state index is -4.51. The molecule has 0 spiro atoms. The van der Waals surface area contributed by atoms with Crippen LogP contribution < -0.4 is 14.8 Å². The van der Waals surface area contributed by atoms with Crippen molar-refractivity contribution < 1.29 is 27.4 Å². The highest BCUT2D eigenvalue weighted by Crippen LogP contribution is 2.46. The summed E-state index contributed by atoms with van der Waals surface area (Å²) in [6.45, 7) is 0.0843. The number of anilines is 1. The Morgan fingerprint density at radius 3 is 2.69 bits per heavy atom. The average molecular weight is 450 g/mol. The van der Waals surface area contributed by atoms with Crippen LogP contribution in [-0.4, -0.2) is 46.6 Å². The van der Waals surface area contributed by atoms with Crippen LogP contribution in [0.5, 0.6) is 11.5 Å². The van der Waals surface area contributed by atoms with E-state index < -0.39 is 18.3 Å².